The Labute approximate surface area is 177 Å². The SMILES string of the molecule is OC1(c2nccn2Cc2ccccc2)[C@H]2CCC[C@H]1CN(Cc1ccc(F)cc1)C2. The molecule has 2 aliphatic rings. The second kappa shape index (κ2) is 7.97. The highest BCUT2D eigenvalue weighted by atomic mass is 19.1. The first-order valence-electron chi connectivity index (χ1n) is 10.9. The van der Waals surface area contributed by atoms with E-state index in [9.17, 15) is 9.50 Å². The van der Waals surface area contributed by atoms with Crippen molar-refractivity contribution < 1.29 is 9.50 Å². The number of benzene rings is 2. The second-order valence-corrected chi connectivity index (χ2v) is 8.83. The molecule has 4 nitrogen and oxygen atoms in total. The van der Waals surface area contributed by atoms with E-state index in [4.69, 9.17) is 0 Å². The van der Waals surface area contributed by atoms with Crippen LogP contribution in [0.4, 0.5) is 4.39 Å². The maximum absolute atomic E-state index is 13.2. The van der Waals surface area contributed by atoms with E-state index < -0.39 is 5.60 Å². The number of aromatic nitrogens is 2. The molecule has 1 aliphatic carbocycles. The maximum Gasteiger partial charge on any atom is 0.141 e. The Balaban J connectivity index is 1.39. The molecule has 1 N–H and O–H groups in total. The van der Waals surface area contributed by atoms with Gasteiger partial charge in [-0.25, -0.2) is 9.37 Å². The van der Waals surface area contributed by atoms with Crippen molar-refractivity contribution in [2.45, 2.75) is 38.0 Å². The molecule has 2 heterocycles. The van der Waals surface area contributed by atoms with Gasteiger partial charge in [-0.15, -0.1) is 0 Å². The Bertz CT molecular complexity index is 971. The predicted octanol–water partition coefficient (Wildman–Crippen LogP) is 4.19. The van der Waals surface area contributed by atoms with Gasteiger partial charge in [0.05, 0.1) is 0 Å². The number of hydrogen-bond acceptors (Lipinski definition) is 3. The summed E-state index contributed by atoms with van der Waals surface area (Å²) >= 11 is 0. The zero-order valence-corrected chi connectivity index (χ0v) is 17.1. The van der Waals surface area contributed by atoms with Crippen molar-refractivity contribution >= 4 is 0 Å². The van der Waals surface area contributed by atoms with Gasteiger partial charge < -0.3 is 9.67 Å². The lowest BCUT2D eigenvalue weighted by molar-refractivity contribution is -0.155. The molecule has 0 spiro atoms. The number of piperidine rings is 1. The minimum Gasteiger partial charge on any atom is -0.381 e. The van der Waals surface area contributed by atoms with Crippen LogP contribution in [0.5, 0.6) is 0 Å². The summed E-state index contributed by atoms with van der Waals surface area (Å²) in [5.74, 6) is 0.918. The predicted molar refractivity (Wildman–Crippen MR) is 114 cm³/mol. The van der Waals surface area contributed by atoms with Gasteiger partial charge in [0.25, 0.3) is 0 Å². The fraction of sp³-hybridized carbons (Fsp3) is 0.400. The van der Waals surface area contributed by atoms with Crippen LogP contribution in [0.15, 0.2) is 67.0 Å². The van der Waals surface area contributed by atoms with Crippen molar-refractivity contribution in [3.05, 3.63) is 89.8 Å². The number of fused-ring (bicyclic) bond motifs is 2. The van der Waals surface area contributed by atoms with E-state index in [0.29, 0.717) is 0 Å². The minimum absolute atomic E-state index is 0.155. The van der Waals surface area contributed by atoms with Crippen molar-refractivity contribution in [3.8, 4) is 0 Å². The highest BCUT2D eigenvalue weighted by molar-refractivity contribution is 5.21. The Morgan fingerprint density at radius 1 is 0.933 bits per heavy atom. The van der Waals surface area contributed by atoms with E-state index in [-0.39, 0.29) is 17.7 Å². The van der Waals surface area contributed by atoms with Crippen LogP contribution in [0.3, 0.4) is 0 Å². The van der Waals surface area contributed by atoms with Crippen molar-refractivity contribution in [1.82, 2.24) is 14.5 Å². The van der Waals surface area contributed by atoms with E-state index in [0.717, 1.165) is 56.8 Å². The number of rotatable bonds is 5. The summed E-state index contributed by atoms with van der Waals surface area (Å²) in [6, 6.07) is 17.1. The summed E-state index contributed by atoms with van der Waals surface area (Å²) in [4.78, 5) is 7.08. The summed E-state index contributed by atoms with van der Waals surface area (Å²) in [6.45, 7) is 3.18. The Kier molecular flexibility index (Phi) is 5.17. The van der Waals surface area contributed by atoms with E-state index in [1.165, 1.54) is 17.7 Å². The molecule has 5 heteroatoms. The molecule has 0 radical (unpaired) electrons. The van der Waals surface area contributed by atoms with Crippen LogP contribution in [-0.2, 0) is 18.7 Å². The number of halogens is 1. The molecular weight excluding hydrogens is 377 g/mol. The molecule has 156 valence electrons. The molecule has 5 rings (SSSR count). The quantitative estimate of drug-likeness (QED) is 0.692. The van der Waals surface area contributed by atoms with Gasteiger partial charge in [0.1, 0.15) is 17.2 Å². The largest absolute Gasteiger partial charge is 0.381 e. The fourth-order valence-corrected chi connectivity index (χ4v) is 5.46. The fourth-order valence-electron chi connectivity index (χ4n) is 5.46. The summed E-state index contributed by atoms with van der Waals surface area (Å²) < 4.78 is 15.4. The molecule has 1 aliphatic heterocycles. The highest BCUT2D eigenvalue weighted by Gasteiger charge is 2.53. The lowest BCUT2D eigenvalue weighted by atomic mass is 9.65. The standard InChI is InChI=1S/C25H28FN3O/c26-23-11-9-20(10-12-23)15-28-17-21-7-4-8-22(18-28)25(21,30)24-27-13-14-29(24)16-19-5-2-1-3-6-19/h1-3,5-6,9-14,21-22,30H,4,7-8,15-18H2/t21-,22-/m0/s1. The second-order valence-electron chi connectivity index (χ2n) is 8.83. The van der Waals surface area contributed by atoms with Crippen LogP contribution >= 0.6 is 0 Å². The summed E-state index contributed by atoms with van der Waals surface area (Å²) in [5, 5.41) is 12.0. The van der Waals surface area contributed by atoms with E-state index >= 15 is 0 Å². The van der Waals surface area contributed by atoms with E-state index in [1.54, 1.807) is 0 Å². The van der Waals surface area contributed by atoms with Gasteiger partial charge in [0.2, 0.25) is 0 Å². The lowest BCUT2D eigenvalue weighted by Gasteiger charge is -2.52. The molecule has 3 aromatic rings. The van der Waals surface area contributed by atoms with Gasteiger partial charge in [-0.2, -0.15) is 0 Å². The molecule has 2 atom stereocenters. The van der Waals surface area contributed by atoms with Crippen LogP contribution in [0.1, 0.15) is 36.2 Å². The normalized spacial score (nSPS) is 26.6. The highest BCUT2D eigenvalue weighted by Crippen LogP contribution is 2.48. The van der Waals surface area contributed by atoms with Crippen LogP contribution in [0.25, 0.3) is 0 Å². The van der Waals surface area contributed by atoms with Crippen molar-refractivity contribution in [2.24, 2.45) is 11.8 Å². The molecule has 0 amide bonds. The van der Waals surface area contributed by atoms with Gasteiger partial charge in [0, 0.05) is 50.4 Å². The smallest absolute Gasteiger partial charge is 0.141 e. The maximum atomic E-state index is 13.2. The summed E-state index contributed by atoms with van der Waals surface area (Å²) in [6.07, 6.45) is 6.97. The zero-order chi connectivity index (χ0) is 20.6. The Hall–Kier alpha value is -2.50. The molecular formula is C25H28FN3O. The van der Waals surface area contributed by atoms with Crippen LogP contribution in [0, 0.1) is 17.7 Å². The zero-order valence-electron chi connectivity index (χ0n) is 17.1. The van der Waals surface area contributed by atoms with E-state index in [1.807, 2.05) is 42.7 Å². The third-order valence-electron chi connectivity index (χ3n) is 6.90. The van der Waals surface area contributed by atoms with Gasteiger partial charge in [-0.1, -0.05) is 48.9 Å². The van der Waals surface area contributed by atoms with Crippen LogP contribution in [0.2, 0.25) is 0 Å². The first-order chi connectivity index (χ1) is 14.6. The lowest BCUT2D eigenvalue weighted by Crippen LogP contribution is -2.58. The van der Waals surface area contributed by atoms with Gasteiger partial charge in [-0.3, -0.25) is 4.90 Å². The first kappa shape index (κ1) is 19.5. The molecule has 2 fully saturated rings. The average molecular weight is 406 g/mol. The Morgan fingerprint density at radius 3 is 2.30 bits per heavy atom. The number of hydrogen-bond donors (Lipinski definition) is 1. The third kappa shape index (κ3) is 3.57. The van der Waals surface area contributed by atoms with Gasteiger partial charge in [0.15, 0.2) is 0 Å². The number of likely N-dealkylation sites (tertiary alicyclic amines) is 1. The molecule has 1 saturated heterocycles. The summed E-state index contributed by atoms with van der Waals surface area (Å²) in [7, 11) is 0. The minimum atomic E-state index is -0.893. The molecule has 0 unspecified atom stereocenters. The molecule has 1 aromatic heterocycles. The summed E-state index contributed by atoms with van der Waals surface area (Å²) in [5.41, 5.74) is 1.43. The third-order valence-corrected chi connectivity index (χ3v) is 6.90. The number of imidazole rings is 1. The first-order valence-corrected chi connectivity index (χ1v) is 10.9. The average Bonchev–Trinajstić information content (AvgIpc) is 3.20. The molecule has 30 heavy (non-hydrogen) atoms. The topological polar surface area (TPSA) is 41.3 Å². The van der Waals surface area contributed by atoms with Gasteiger partial charge in [-0.05, 0) is 36.1 Å². The van der Waals surface area contributed by atoms with Crippen LogP contribution in [-0.4, -0.2) is 32.6 Å². The van der Waals surface area contributed by atoms with Gasteiger partial charge >= 0.3 is 0 Å². The van der Waals surface area contributed by atoms with E-state index in [2.05, 4.69) is 26.6 Å². The molecule has 2 bridgehead atoms. The van der Waals surface area contributed by atoms with Crippen LogP contribution < -0.4 is 0 Å². The van der Waals surface area contributed by atoms with Crippen molar-refractivity contribution in [2.75, 3.05) is 13.1 Å². The molecule has 1 saturated carbocycles. The Morgan fingerprint density at radius 2 is 1.60 bits per heavy atom. The van der Waals surface area contributed by atoms with Crippen molar-refractivity contribution in [1.29, 1.82) is 0 Å². The number of nitrogens with zero attached hydrogens (tertiary/aromatic N) is 3. The molecule has 2 aromatic carbocycles. The number of aliphatic hydroxyl groups is 1. The monoisotopic (exact) mass is 405 g/mol. The van der Waals surface area contributed by atoms with Crippen molar-refractivity contribution in [3.63, 3.8) is 0 Å².